The van der Waals surface area contributed by atoms with Gasteiger partial charge in [0.2, 0.25) is 11.8 Å². The van der Waals surface area contributed by atoms with Gasteiger partial charge in [0, 0.05) is 23.4 Å². The summed E-state index contributed by atoms with van der Waals surface area (Å²) in [5, 5.41) is 2.50. The van der Waals surface area contributed by atoms with E-state index in [1.807, 2.05) is 6.07 Å². The van der Waals surface area contributed by atoms with Crippen LogP contribution >= 0.6 is 15.9 Å². The normalized spacial score (nSPS) is 16.2. The van der Waals surface area contributed by atoms with E-state index in [4.69, 9.17) is 0 Å². The quantitative estimate of drug-likeness (QED) is 0.849. The zero-order valence-corrected chi connectivity index (χ0v) is 10.0. The van der Waals surface area contributed by atoms with Gasteiger partial charge in [-0.05, 0) is 27.6 Å². The lowest BCUT2D eigenvalue weighted by molar-refractivity contribution is -0.141. The van der Waals surface area contributed by atoms with Crippen molar-refractivity contribution in [1.29, 1.82) is 0 Å². The summed E-state index contributed by atoms with van der Waals surface area (Å²) < 4.78 is 0.860. The molecule has 2 heterocycles. The molecule has 1 aromatic heterocycles. The van der Waals surface area contributed by atoms with Crippen molar-refractivity contribution in [2.45, 2.75) is 6.54 Å². The third-order valence-electron chi connectivity index (χ3n) is 2.26. The van der Waals surface area contributed by atoms with Crippen molar-refractivity contribution in [3.63, 3.8) is 0 Å². The zero-order valence-electron chi connectivity index (χ0n) is 8.44. The van der Waals surface area contributed by atoms with E-state index in [1.165, 1.54) is 4.90 Å². The van der Waals surface area contributed by atoms with E-state index in [1.54, 1.807) is 12.4 Å². The number of aromatic nitrogens is 1. The van der Waals surface area contributed by atoms with Crippen LogP contribution in [0.5, 0.6) is 0 Å². The average Bonchev–Trinajstić information content (AvgIpc) is 2.24. The molecule has 0 unspecified atom stereocenters. The standard InChI is InChI=1S/C10H10BrN3O2/c11-8-1-7(2-12-3-8)5-14-6-9(15)13-4-10(14)16/h1-3H,4-6H2,(H,13,15). The predicted molar refractivity (Wildman–Crippen MR) is 60.4 cm³/mol. The van der Waals surface area contributed by atoms with E-state index in [2.05, 4.69) is 26.2 Å². The summed E-state index contributed by atoms with van der Waals surface area (Å²) in [7, 11) is 0. The lowest BCUT2D eigenvalue weighted by atomic mass is 10.2. The Morgan fingerprint density at radius 2 is 2.25 bits per heavy atom. The van der Waals surface area contributed by atoms with Crippen LogP contribution in [-0.2, 0) is 16.1 Å². The van der Waals surface area contributed by atoms with Gasteiger partial charge in [-0.25, -0.2) is 0 Å². The summed E-state index contributed by atoms with van der Waals surface area (Å²) in [6.07, 6.45) is 3.36. The van der Waals surface area contributed by atoms with Crippen LogP contribution in [0, 0.1) is 0 Å². The molecule has 0 spiro atoms. The molecule has 0 radical (unpaired) electrons. The first-order chi connectivity index (χ1) is 7.65. The van der Waals surface area contributed by atoms with Crippen LogP contribution < -0.4 is 5.32 Å². The minimum absolute atomic E-state index is 0.0698. The van der Waals surface area contributed by atoms with Crippen LogP contribution in [0.15, 0.2) is 22.9 Å². The van der Waals surface area contributed by atoms with E-state index in [0.717, 1.165) is 10.0 Å². The summed E-state index contributed by atoms with van der Waals surface area (Å²) in [6, 6.07) is 1.88. The molecule has 1 saturated heterocycles. The average molecular weight is 284 g/mol. The van der Waals surface area contributed by atoms with Crippen molar-refractivity contribution in [2.24, 2.45) is 0 Å². The molecule has 1 N–H and O–H groups in total. The largest absolute Gasteiger partial charge is 0.345 e. The number of carbonyl (C=O) groups is 2. The van der Waals surface area contributed by atoms with Crippen LogP contribution in [0.3, 0.4) is 0 Å². The van der Waals surface area contributed by atoms with Crippen molar-refractivity contribution < 1.29 is 9.59 Å². The summed E-state index contributed by atoms with van der Waals surface area (Å²) in [6.45, 7) is 0.615. The molecule has 16 heavy (non-hydrogen) atoms. The van der Waals surface area contributed by atoms with Gasteiger partial charge < -0.3 is 10.2 Å². The molecule has 2 amide bonds. The van der Waals surface area contributed by atoms with Crippen molar-refractivity contribution in [2.75, 3.05) is 13.1 Å². The highest BCUT2D eigenvalue weighted by molar-refractivity contribution is 9.10. The van der Waals surface area contributed by atoms with Gasteiger partial charge in [0.25, 0.3) is 0 Å². The first-order valence-electron chi connectivity index (χ1n) is 4.79. The summed E-state index contributed by atoms with van der Waals surface area (Å²) in [5.74, 6) is -0.192. The molecule has 0 atom stereocenters. The van der Waals surface area contributed by atoms with Crippen molar-refractivity contribution in [3.05, 3.63) is 28.5 Å². The van der Waals surface area contributed by atoms with Gasteiger partial charge in [0.15, 0.2) is 0 Å². The number of nitrogens with one attached hydrogen (secondary N) is 1. The molecule has 6 heteroatoms. The number of amides is 2. The molecule has 1 aliphatic heterocycles. The maximum atomic E-state index is 11.5. The second kappa shape index (κ2) is 4.61. The highest BCUT2D eigenvalue weighted by Crippen LogP contribution is 2.12. The molecular weight excluding hydrogens is 274 g/mol. The third kappa shape index (κ3) is 2.57. The van der Waals surface area contributed by atoms with E-state index in [9.17, 15) is 9.59 Å². The molecule has 1 aromatic rings. The third-order valence-corrected chi connectivity index (χ3v) is 2.69. The van der Waals surface area contributed by atoms with Gasteiger partial charge in [-0.1, -0.05) is 0 Å². The Labute approximate surface area is 101 Å². The fourth-order valence-electron chi connectivity index (χ4n) is 1.51. The first kappa shape index (κ1) is 11.1. The minimum Gasteiger partial charge on any atom is -0.345 e. The van der Waals surface area contributed by atoms with Gasteiger partial charge in [-0.15, -0.1) is 0 Å². The van der Waals surface area contributed by atoms with Gasteiger partial charge in [0.05, 0.1) is 13.1 Å². The van der Waals surface area contributed by atoms with Crippen molar-refractivity contribution >= 4 is 27.7 Å². The Morgan fingerprint density at radius 1 is 1.44 bits per heavy atom. The van der Waals surface area contributed by atoms with Crippen LogP contribution in [-0.4, -0.2) is 34.8 Å². The molecule has 1 aliphatic rings. The monoisotopic (exact) mass is 283 g/mol. The Bertz CT molecular complexity index is 436. The number of hydrogen-bond acceptors (Lipinski definition) is 3. The van der Waals surface area contributed by atoms with E-state index in [0.29, 0.717) is 6.54 Å². The number of halogens is 1. The Balaban J connectivity index is 2.08. The summed E-state index contributed by atoms with van der Waals surface area (Å²) >= 11 is 3.31. The van der Waals surface area contributed by atoms with E-state index < -0.39 is 0 Å². The molecule has 1 fully saturated rings. The van der Waals surface area contributed by atoms with Gasteiger partial charge in [-0.2, -0.15) is 0 Å². The molecular formula is C10H10BrN3O2. The first-order valence-corrected chi connectivity index (χ1v) is 5.58. The number of rotatable bonds is 2. The second-order valence-corrected chi connectivity index (χ2v) is 4.45. The highest BCUT2D eigenvalue weighted by Gasteiger charge is 2.22. The molecule has 2 rings (SSSR count). The number of pyridine rings is 1. The van der Waals surface area contributed by atoms with Crippen LogP contribution in [0.2, 0.25) is 0 Å². The van der Waals surface area contributed by atoms with Crippen LogP contribution in [0.25, 0.3) is 0 Å². The van der Waals surface area contributed by atoms with Crippen molar-refractivity contribution in [1.82, 2.24) is 15.2 Å². The Morgan fingerprint density at radius 3 is 3.00 bits per heavy atom. The lowest BCUT2D eigenvalue weighted by Gasteiger charge is -2.26. The Kier molecular flexibility index (Phi) is 3.19. The maximum absolute atomic E-state index is 11.5. The highest BCUT2D eigenvalue weighted by atomic mass is 79.9. The smallest absolute Gasteiger partial charge is 0.242 e. The topological polar surface area (TPSA) is 62.3 Å². The fraction of sp³-hybridized carbons (Fsp3) is 0.300. The Hall–Kier alpha value is -1.43. The van der Waals surface area contributed by atoms with Gasteiger partial charge in [-0.3, -0.25) is 14.6 Å². The van der Waals surface area contributed by atoms with Crippen LogP contribution in [0.4, 0.5) is 0 Å². The van der Waals surface area contributed by atoms with Gasteiger partial charge in [0.1, 0.15) is 0 Å². The van der Waals surface area contributed by atoms with Crippen molar-refractivity contribution in [3.8, 4) is 0 Å². The molecule has 0 saturated carbocycles. The van der Waals surface area contributed by atoms with E-state index >= 15 is 0 Å². The SMILES string of the molecule is O=C1CN(Cc2cncc(Br)c2)C(=O)CN1. The second-order valence-electron chi connectivity index (χ2n) is 3.54. The maximum Gasteiger partial charge on any atom is 0.242 e. The number of hydrogen-bond donors (Lipinski definition) is 1. The molecule has 84 valence electrons. The minimum atomic E-state index is -0.123. The molecule has 5 nitrogen and oxygen atoms in total. The van der Waals surface area contributed by atoms with Gasteiger partial charge >= 0.3 is 0 Å². The summed E-state index contributed by atoms with van der Waals surface area (Å²) in [4.78, 5) is 28.2. The number of nitrogens with zero attached hydrogens (tertiary/aromatic N) is 2. The van der Waals surface area contributed by atoms with E-state index in [-0.39, 0.29) is 24.9 Å². The molecule has 0 aromatic carbocycles. The molecule has 0 bridgehead atoms. The number of piperazine rings is 1. The predicted octanol–water partition coefficient (Wildman–Crippen LogP) is 0.303. The zero-order chi connectivity index (χ0) is 11.5. The van der Waals surface area contributed by atoms with Crippen LogP contribution in [0.1, 0.15) is 5.56 Å². The molecule has 0 aliphatic carbocycles. The summed E-state index contributed by atoms with van der Waals surface area (Å²) in [5.41, 5.74) is 0.900. The lowest BCUT2D eigenvalue weighted by Crippen LogP contribution is -2.51. The number of carbonyl (C=O) groups excluding carboxylic acids is 2. The fourth-order valence-corrected chi connectivity index (χ4v) is 1.92.